The number of hydrogen-bond acceptors (Lipinski definition) is 3. The summed E-state index contributed by atoms with van der Waals surface area (Å²) in [6.45, 7) is 2.64. The molecule has 0 aliphatic carbocycles. The van der Waals surface area contributed by atoms with Crippen LogP contribution in [0.4, 0.5) is 0 Å². The molecule has 19 heavy (non-hydrogen) atoms. The van der Waals surface area contributed by atoms with E-state index in [0.29, 0.717) is 28.2 Å². The number of aliphatic hydroxyl groups excluding tert-OH is 1. The first kappa shape index (κ1) is 14.8. The van der Waals surface area contributed by atoms with Gasteiger partial charge in [0.1, 0.15) is 0 Å². The molecule has 1 aromatic carbocycles. The molecule has 1 aromatic rings. The van der Waals surface area contributed by atoms with Gasteiger partial charge in [-0.2, -0.15) is 0 Å². The first-order valence-electron chi connectivity index (χ1n) is 6.01. The Morgan fingerprint density at radius 2 is 2.37 bits per heavy atom. The summed E-state index contributed by atoms with van der Waals surface area (Å²) in [5.74, 6) is -0.108. The van der Waals surface area contributed by atoms with Crippen LogP contribution < -0.4 is 0 Å². The summed E-state index contributed by atoms with van der Waals surface area (Å²) in [6.07, 6.45) is -0.321. The van der Waals surface area contributed by atoms with E-state index in [1.54, 1.807) is 23.1 Å². The summed E-state index contributed by atoms with van der Waals surface area (Å²) in [4.78, 5) is 14.3. The smallest absolute Gasteiger partial charge is 0.255 e. The van der Waals surface area contributed by atoms with Crippen LogP contribution in [0, 0.1) is 0 Å². The maximum Gasteiger partial charge on any atom is 0.255 e. The Kier molecular flexibility index (Phi) is 4.84. The van der Waals surface area contributed by atoms with Crippen LogP contribution in [0.15, 0.2) is 22.7 Å². The minimum Gasteiger partial charge on any atom is -0.394 e. The number of hydrogen-bond donors (Lipinski definition) is 1. The van der Waals surface area contributed by atoms with Crippen molar-refractivity contribution in [2.45, 2.75) is 19.1 Å². The third kappa shape index (κ3) is 3.28. The topological polar surface area (TPSA) is 49.8 Å². The van der Waals surface area contributed by atoms with Crippen LogP contribution in [0.3, 0.4) is 0 Å². The summed E-state index contributed by atoms with van der Waals surface area (Å²) in [5, 5.41) is 9.67. The lowest BCUT2D eigenvalue weighted by atomic mass is 10.1. The SMILES string of the molecule is CC1COC(CO)CN1C(=O)c1cc(Cl)ccc1Br. The zero-order valence-electron chi connectivity index (χ0n) is 10.5. The second-order valence-corrected chi connectivity index (χ2v) is 5.86. The number of nitrogens with zero attached hydrogens (tertiary/aromatic N) is 1. The number of halogens is 2. The van der Waals surface area contributed by atoms with Crippen LogP contribution in [-0.4, -0.2) is 47.8 Å². The van der Waals surface area contributed by atoms with Gasteiger partial charge in [-0.25, -0.2) is 0 Å². The van der Waals surface area contributed by atoms with E-state index in [1.807, 2.05) is 6.92 Å². The van der Waals surface area contributed by atoms with Gasteiger partial charge in [-0.1, -0.05) is 11.6 Å². The Morgan fingerprint density at radius 1 is 1.63 bits per heavy atom. The van der Waals surface area contributed by atoms with E-state index in [0.717, 1.165) is 0 Å². The number of amides is 1. The minimum absolute atomic E-state index is 0.0267. The first-order valence-corrected chi connectivity index (χ1v) is 7.18. The average molecular weight is 349 g/mol. The van der Waals surface area contributed by atoms with Crippen molar-refractivity contribution in [3.63, 3.8) is 0 Å². The molecule has 1 fully saturated rings. The highest BCUT2D eigenvalue weighted by Crippen LogP contribution is 2.24. The van der Waals surface area contributed by atoms with Crippen molar-refractivity contribution < 1.29 is 14.6 Å². The maximum absolute atomic E-state index is 12.5. The highest BCUT2D eigenvalue weighted by Gasteiger charge is 2.30. The third-order valence-electron chi connectivity index (χ3n) is 3.13. The predicted octanol–water partition coefficient (Wildman–Crippen LogP) is 2.32. The van der Waals surface area contributed by atoms with E-state index in [4.69, 9.17) is 21.4 Å². The van der Waals surface area contributed by atoms with Gasteiger partial charge < -0.3 is 14.7 Å². The fraction of sp³-hybridized carbons (Fsp3) is 0.462. The first-order chi connectivity index (χ1) is 9.02. The molecule has 1 heterocycles. The molecule has 2 unspecified atom stereocenters. The highest BCUT2D eigenvalue weighted by molar-refractivity contribution is 9.10. The largest absolute Gasteiger partial charge is 0.394 e. The molecule has 1 saturated heterocycles. The molecular weight excluding hydrogens is 334 g/mol. The summed E-state index contributed by atoms with van der Waals surface area (Å²) in [6, 6.07) is 5.09. The quantitative estimate of drug-likeness (QED) is 0.892. The zero-order valence-corrected chi connectivity index (χ0v) is 12.8. The number of benzene rings is 1. The van der Waals surface area contributed by atoms with Crippen molar-refractivity contribution in [2.24, 2.45) is 0 Å². The standard InChI is InChI=1S/C13H15BrClNO3/c1-8-7-19-10(6-17)5-16(8)13(18)11-4-9(15)2-3-12(11)14/h2-4,8,10,17H,5-7H2,1H3. The van der Waals surface area contributed by atoms with Gasteiger partial charge in [-0.05, 0) is 41.1 Å². The van der Waals surface area contributed by atoms with E-state index >= 15 is 0 Å². The second kappa shape index (κ2) is 6.22. The molecule has 2 atom stereocenters. The number of carbonyl (C=O) groups is 1. The number of rotatable bonds is 2. The van der Waals surface area contributed by atoms with Crippen LogP contribution in [0.5, 0.6) is 0 Å². The molecule has 0 saturated carbocycles. The van der Waals surface area contributed by atoms with Gasteiger partial charge in [-0.15, -0.1) is 0 Å². The average Bonchev–Trinajstić information content (AvgIpc) is 2.41. The fourth-order valence-corrected chi connectivity index (χ4v) is 2.62. The van der Waals surface area contributed by atoms with Gasteiger partial charge in [0, 0.05) is 16.0 Å². The van der Waals surface area contributed by atoms with E-state index < -0.39 is 0 Å². The number of aliphatic hydroxyl groups is 1. The van der Waals surface area contributed by atoms with Gasteiger partial charge in [0.2, 0.25) is 0 Å². The van der Waals surface area contributed by atoms with Crippen molar-refractivity contribution in [3.8, 4) is 0 Å². The van der Waals surface area contributed by atoms with Crippen molar-refractivity contribution in [3.05, 3.63) is 33.3 Å². The van der Waals surface area contributed by atoms with Crippen molar-refractivity contribution >= 4 is 33.4 Å². The Morgan fingerprint density at radius 3 is 3.05 bits per heavy atom. The van der Waals surface area contributed by atoms with Crippen LogP contribution in [0.25, 0.3) is 0 Å². The zero-order chi connectivity index (χ0) is 14.0. The van der Waals surface area contributed by atoms with E-state index in [2.05, 4.69) is 15.9 Å². The summed E-state index contributed by atoms with van der Waals surface area (Å²) in [7, 11) is 0. The lowest BCUT2D eigenvalue weighted by molar-refractivity contribution is -0.0667. The summed E-state index contributed by atoms with van der Waals surface area (Å²) in [5.41, 5.74) is 0.526. The monoisotopic (exact) mass is 347 g/mol. The van der Waals surface area contributed by atoms with Gasteiger partial charge in [-0.3, -0.25) is 4.79 Å². The molecule has 1 N–H and O–H groups in total. The lowest BCUT2D eigenvalue weighted by Gasteiger charge is -2.37. The molecule has 1 aliphatic rings. The van der Waals surface area contributed by atoms with Crippen LogP contribution in [0.1, 0.15) is 17.3 Å². The Labute approximate surface area is 125 Å². The summed E-state index contributed by atoms with van der Waals surface area (Å²) < 4.78 is 6.14. The minimum atomic E-state index is -0.321. The molecule has 0 aromatic heterocycles. The lowest BCUT2D eigenvalue weighted by Crippen LogP contribution is -2.52. The normalized spacial score (nSPS) is 23.5. The molecule has 1 aliphatic heterocycles. The molecular formula is C13H15BrClNO3. The van der Waals surface area contributed by atoms with Crippen molar-refractivity contribution in [1.29, 1.82) is 0 Å². The molecule has 104 valence electrons. The number of carbonyl (C=O) groups excluding carboxylic acids is 1. The number of morpholine rings is 1. The van der Waals surface area contributed by atoms with Gasteiger partial charge in [0.05, 0.1) is 30.9 Å². The van der Waals surface area contributed by atoms with Crippen LogP contribution in [0.2, 0.25) is 5.02 Å². The molecule has 0 radical (unpaired) electrons. The van der Waals surface area contributed by atoms with Gasteiger partial charge >= 0.3 is 0 Å². The third-order valence-corrected chi connectivity index (χ3v) is 4.06. The Hall–Kier alpha value is -0.620. The van der Waals surface area contributed by atoms with Crippen LogP contribution in [-0.2, 0) is 4.74 Å². The number of ether oxygens (including phenoxy) is 1. The van der Waals surface area contributed by atoms with Gasteiger partial charge in [0.15, 0.2) is 0 Å². The van der Waals surface area contributed by atoms with Crippen LogP contribution >= 0.6 is 27.5 Å². The molecule has 0 bridgehead atoms. The molecule has 4 nitrogen and oxygen atoms in total. The highest BCUT2D eigenvalue weighted by atomic mass is 79.9. The summed E-state index contributed by atoms with van der Waals surface area (Å²) >= 11 is 9.30. The Bertz CT molecular complexity index is 483. The maximum atomic E-state index is 12.5. The second-order valence-electron chi connectivity index (χ2n) is 4.57. The van der Waals surface area contributed by atoms with E-state index in [9.17, 15) is 4.79 Å². The van der Waals surface area contributed by atoms with E-state index in [-0.39, 0.29) is 24.7 Å². The van der Waals surface area contributed by atoms with Crippen molar-refractivity contribution in [1.82, 2.24) is 4.90 Å². The molecule has 0 spiro atoms. The van der Waals surface area contributed by atoms with Gasteiger partial charge in [0.25, 0.3) is 5.91 Å². The molecule has 1 amide bonds. The van der Waals surface area contributed by atoms with E-state index in [1.165, 1.54) is 0 Å². The van der Waals surface area contributed by atoms with Crippen molar-refractivity contribution in [2.75, 3.05) is 19.8 Å². The predicted molar refractivity (Wildman–Crippen MR) is 76.5 cm³/mol. The molecule has 6 heteroatoms. The Balaban J connectivity index is 2.24. The molecule has 2 rings (SSSR count). The fourth-order valence-electron chi connectivity index (χ4n) is 2.03.